The van der Waals surface area contributed by atoms with Gasteiger partial charge in [0.1, 0.15) is 11.6 Å². The fourth-order valence-corrected chi connectivity index (χ4v) is 1.60. The van der Waals surface area contributed by atoms with Crippen LogP contribution in [-0.2, 0) is 0 Å². The fraction of sp³-hybridized carbons (Fsp3) is 0.462. The number of carbonyl (C=O) groups excluding carboxylic acids is 1. The van der Waals surface area contributed by atoms with Crippen LogP contribution in [0.15, 0.2) is 18.2 Å². The van der Waals surface area contributed by atoms with E-state index in [2.05, 4.69) is 6.92 Å². The molecule has 0 fully saturated rings. The third-order valence-corrected chi connectivity index (χ3v) is 2.50. The number of benzene rings is 1. The predicted octanol–water partition coefficient (Wildman–Crippen LogP) is 4.12. The summed E-state index contributed by atoms with van der Waals surface area (Å²) in [4.78, 5) is 11.6. The van der Waals surface area contributed by atoms with Crippen molar-refractivity contribution in [1.82, 2.24) is 0 Å². The van der Waals surface area contributed by atoms with Crippen LogP contribution in [0, 0.1) is 11.6 Å². The molecular formula is C13H16F2O. The van der Waals surface area contributed by atoms with Crippen LogP contribution in [0.3, 0.4) is 0 Å². The minimum absolute atomic E-state index is 0.220. The van der Waals surface area contributed by atoms with Crippen LogP contribution < -0.4 is 0 Å². The van der Waals surface area contributed by atoms with Gasteiger partial charge in [-0.25, -0.2) is 8.78 Å². The minimum Gasteiger partial charge on any atom is -0.294 e. The molecular weight excluding hydrogens is 210 g/mol. The molecule has 16 heavy (non-hydrogen) atoms. The monoisotopic (exact) mass is 226 g/mol. The van der Waals surface area contributed by atoms with E-state index in [9.17, 15) is 13.6 Å². The molecule has 0 aliphatic heterocycles. The van der Waals surface area contributed by atoms with Crippen molar-refractivity contribution in [1.29, 1.82) is 0 Å². The zero-order valence-electron chi connectivity index (χ0n) is 9.43. The van der Waals surface area contributed by atoms with E-state index in [0.29, 0.717) is 6.42 Å². The summed E-state index contributed by atoms with van der Waals surface area (Å²) in [5.74, 6) is -1.97. The van der Waals surface area contributed by atoms with Gasteiger partial charge in [0, 0.05) is 6.42 Å². The molecule has 0 atom stereocenters. The topological polar surface area (TPSA) is 17.1 Å². The maximum atomic E-state index is 13.2. The zero-order chi connectivity index (χ0) is 12.0. The average molecular weight is 226 g/mol. The number of Topliss-reactive ketones (excluding diaryl/α,β-unsaturated/α-hetero) is 1. The number of unbranched alkanes of at least 4 members (excludes halogenated alkanes) is 3. The van der Waals surface area contributed by atoms with Gasteiger partial charge in [-0.05, 0) is 18.6 Å². The van der Waals surface area contributed by atoms with Gasteiger partial charge in [-0.15, -0.1) is 0 Å². The van der Waals surface area contributed by atoms with Gasteiger partial charge in [0.05, 0.1) is 5.56 Å². The lowest BCUT2D eigenvalue weighted by atomic mass is 10.0. The molecule has 0 unspecified atom stereocenters. The average Bonchev–Trinajstić information content (AvgIpc) is 2.24. The molecule has 0 bridgehead atoms. The normalized spacial score (nSPS) is 10.4. The molecule has 3 heteroatoms. The number of carbonyl (C=O) groups is 1. The third-order valence-electron chi connectivity index (χ3n) is 2.50. The van der Waals surface area contributed by atoms with E-state index in [1.807, 2.05) is 0 Å². The molecule has 0 aliphatic rings. The maximum absolute atomic E-state index is 13.2. The van der Waals surface area contributed by atoms with Crippen LogP contribution >= 0.6 is 0 Å². The van der Waals surface area contributed by atoms with Gasteiger partial charge in [-0.1, -0.05) is 32.3 Å². The molecule has 0 N–H and O–H groups in total. The summed E-state index contributed by atoms with van der Waals surface area (Å²) in [5, 5.41) is 0. The lowest BCUT2D eigenvalue weighted by Crippen LogP contribution is -2.05. The van der Waals surface area contributed by atoms with Gasteiger partial charge in [0.25, 0.3) is 0 Å². The second-order valence-electron chi connectivity index (χ2n) is 3.83. The number of rotatable bonds is 6. The maximum Gasteiger partial charge on any atom is 0.168 e. The quantitative estimate of drug-likeness (QED) is 0.526. The number of hydrogen-bond acceptors (Lipinski definition) is 1. The summed E-state index contributed by atoms with van der Waals surface area (Å²) in [6, 6.07) is 3.49. The molecule has 0 saturated carbocycles. The Labute approximate surface area is 94.5 Å². The van der Waals surface area contributed by atoms with E-state index in [4.69, 9.17) is 0 Å². The van der Waals surface area contributed by atoms with E-state index in [0.717, 1.165) is 31.4 Å². The van der Waals surface area contributed by atoms with Crippen LogP contribution in [0.4, 0.5) is 8.78 Å². The summed E-state index contributed by atoms with van der Waals surface area (Å²) in [5.41, 5.74) is -0.390. The van der Waals surface area contributed by atoms with Gasteiger partial charge in [0.15, 0.2) is 5.78 Å². The molecule has 1 aromatic carbocycles. The first-order valence-corrected chi connectivity index (χ1v) is 5.64. The largest absolute Gasteiger partial charge is 0.294 e. The van der Waals surface area contributed by atoms with Gasteiger partial charge >= 0.3 is 0 Å². The summed E-state index contributed by atoms with van der Waals surface area (Å²) < 4.78 is 26.4. The summed E-state index contributed by atoms with van der Waals surface area (Å²) in [7, 11) is 0. The molecule has 0 aliphatic carbocycles. The Hall–Kier alpha value is -1.25. The van der Waals surface area contributed by atoms with E-state index < -0.39 is 17.4 Å². The Balaban J connectivity index is 2.59. The van der Waals surface area contributed by atoms with Crippen molar-refractivity contribution in [2.75, 3.05) is 0 Å². The van der Waals surface area contributed by atoms with Crippen molar-refractivity contribution in [3.8, 4) is 0 Å². The SMILES string of the molecule is CCCCCCC(=O)c1c(F)cccc1F. The molecule has 88 valence electrons. The first kappa shape index (κ1) is 12.8. The third kappa shape index (κ3) is 3.40. The Morgan fingerprint density at radius 2 is 1.75 bits per heavy atom. The van der Waals surface area contributed by atoms with E-state index in [1.54, 1.807) is 0 Å². The van der Waals surface area contributed by atoms with Crippen LogP contribution in [0.1, 0.15) is 49.4 Å². The van der Waals surface area contributed by atoms with Crippen LogP contribution in [0.25, 0.3) is 0 Å². The van der Waals surface area contributed by atoms with Gasteiger partial charge < -0.3 is 0 Å². The fourth-order valence-electron chi connectivity index (χ4n) is 1.60. The number of hydrogen-bond donors (Lipinski definition) is 0. The predicted molar refractivity (Wildman–Crippen MR) is 59.4 cm³/mol. The molecule has 1 nitrogen and oxygen atoms in total. The van der Waals surface area contributed by atoms with E-state index in [-0.39, 0.29) is 12.0 Å². The molecule has 0 amide bonds. The van der Waals surface area contributed by atoms with Crippen LogP contribution in [0.2, 0.25) is 0 Å². The minimum atomic E-state index is -0.763. The van der Waals surface area contributed by atoms with Crippen molar-refractivity contribution in [3.05, 3.63) is 35.4 Å². The van der Waals surface area contributed by atoms with E-state index >= 15 is 0 Å². The molecule has 0 saturated heterocycles. The molecule has 0 aromatic heterocycles. The van der Waals surface area contributed by atoms with Crippen LogP contribution in [0.5, 0.6) is 0 Å². The highest BCUT2D eigenvalue weighted by Gasteiger charge is 2.15. The molecule has 1 aromatic rings. The molecule has 1 rings (SSSR count). The second-order valence-corrected chi connectivity index (χ2v) is 3.83. The van der Waals surface area contributed by atoms with Crippen molar-refractivity contribution in [2.45, 2.75) is 39.0 Å². The van der Waals surface area contributed by atoms with Crippen molar-refractivity contribution < 1.29 is 13.6 Å². The zero-order valence-corrected chi connectivity index (χ0v) is 9.43. The van der Waals surface area contributed by atoms with Gasteiger partial charge in [-0.3, -0.25) is 4.79 Å². The number of halogens is 2. The summed E-state index contributed by atoms with van der Waals surface area (Å²) in [6.07, 6.45) is 3.96. The summed E-state index contributed by atoms with van der Waals surface area (Å²) in [6.45, 7) is 2.07. The Morgan fingerprint density at radius 3 is 2.31 bits per heavy atom. The standard InChI is InChI=1S/C13H16F2O/c1-2-3-4-5-9-12(16)13-10(14)7-6-8-11(13)15/h6-8H,2-5,9H2,1H3. The highest BCUT2D eigenvalue weighted by Crippen LogP contribution is 2.16. The van der Waals surface area contributed by atoms with Gasteiger partial charge in [0.2, 0.25) is 0 Å². The smallest absolute Gasteiger partial charge is 0.168 e. The van der Waals surface area contributed by atoms with Gasteiger partial charge in [-0.2, -0.15) is 0 Å². The number of ketones is 1. The highest BCUT2D eigenvalue weighted by molar-refractivity contribution is 5.96. The molecule has 0 radical (unpaired) electrons. The first-order chi connectivity index (χ1) is 7.66. The Bertz CT molecular complexity index is 341. The molecule has 0 heterocycles. The van der Waals surface area contributed by atoms with Crippen LogP contribution in [-0.4, -0.2) is 5.78 Å². The first-order valence-electron chi connectivity index (χ1n) is 5.64. The molecule has 0 spiro atoms. The second kappa shape index (κ2) is 6.36. The van der Waals surface area contributed by atoms with Crippen molar-refractivity contribution >= 4 is 5.78 Å². The lowest BCUT2D eigenvalue weighted by Gasteiger charge is -2.03. The Morgan fingerprint density at radius 1 is 1.12 bits per heavy atom. The van der Waals surface area contributed by atoms with Crippen molar-refractivity contribution in [3.63, 3.8) is 0 Å². The summed E-state index contributed by atoms with van der Waals surface area (Å²) >= 11 is 0. The Kier molecular flexibility index (Phi) is 5.09. The van der Waals surface area contributed by atoms with E-state index in [1.165, 1.54) is 6.07 Å². The lowest BCUT2D eigenvalue weighted by molar-refractivity contribution is 0.0971. The highest BCUT2D eigenvalue weighted by atomic mass is 19.1. The van der Waals surface area contributed by atoms with Crippen molar-refractivity contribution in [2.24, 2.45) is 0 Å².